The first-order chi connectivity index (χ1) is 10.2. The van der Waals surface area contributed by atoms with Crippen molar-refractivity contribution in [3.05, 3.63) is 36.2 Å². The van der Waals surface area contributed by atoms with Crippen LogP contribution >= 0.6 is 0 Å². The third-order valence-electron chi connectivity index (χ3n) is 3.01. The smallest absolute Gasteiger partial charge is 0.204 e. The summed E-state index contributed by atoms with van der Waals surface area (Å²) in [6.45, 7) is 2.72. The first-order valence-corrected chi connectivity index (χ1v) is 6.58. The van der Waals surface area contributed by atoms with Crippen LogP contribution in [0.2, 0.25) is 0 Å². The Morgan fingerprint density at radius 1 is 1.38 bits per heavy atom. The summed E-state index contributed by atoms with van der Waals surface area (Å²) >= 11 is 0. The minimum Gasteiger partial charge on any atom is -0.490 e. The summed E-state index contributed by atoms with van der Waals surface area (Å²) in [6.07, 6.45) is 1.49. The number of rotatable bonds is 5. The highest BCUT2D eigenvalue weighted by atomic mass is 16.5. The Morgan fingerprint density at radius 2 is 2.19 bits per heavy atom. The summed E-state index contributed by atoms with van der Waals surface area (Å²) in [4.78, 5) is 10.3. The van der Waals surface area contributed by atoms with Gasteiger partial charge in [0.15, 0.2) is 11.6 Å². The topological polar surface area (TPSA) is 74.1 Å². The van der Waals surface area contributed by atoms with Gasteiger partial charge >= 0.3 is 0 Å². The third kappa shape index (κ3) is 3.03. The number of aromatic nitrogens is 2. The normalized spacial score (nSPS) is 9.81. The fourth-order valence-corrected chi connectivity index (χ4v) is 1.99. The van der Waals surface area contributed by atoms with Crippen molar-refractivity contribution in [2.45, 2.75) is 6.92 Å². The predicted molar refractivity (Wildman–Crippen MR) is 82.0 cm³/mol. The number of ether oxygens (including phenoxy) is 1. The van der Waals surface area contributed by atoms with Crippen molar-refractivity contribution in [3.63, 3.8) is 0 Å². The Bertz CT molecular complexity index is 665. The lowest BCUT2D eigenvalue weighted by Gasteiger charge is -2.21. The van der Waals surface area contributed by atoms with Gasteiger partial charge in [0, 0.05) is 19.3 Å². The molecule has 1 aromatic heterocycles. The van der Waals surface area contributed by atoms with E-state index >= 15 is 0 Å². The molecule has 0 aliphatic heterocycles. The fourth-order valence-electron chi connectivity index (χ4n) is 1.99. The number of hydrogen-bond acceptors (Lipinski definition) is 6. The summed E-state index contributed by atoms with van der Waals surface area (Å²) in [6, 6.07) is 9.44. The van der Waals surface area contributed by atoms with Crippen LogP contribution in [0, 0.1) is 11.3 Å². The van der Waals surface area contributed by atoms with Gasteiger partial charge in [-0.1, -0.05) is 6.07 Å². The minimum absolute atomic E-state index is 0.573. The Kier molecular flexibility index (Phi) is 4.57. The lowest BCUT2D eigenvalue weighted by molar-refractivity contribution is 0.414. The highest BCUT2D eigenvalue weighted by Gasteiger charge is 2.16. The van der Waals surface area contributed by atoms with Crippen molar-refractivity contribution in [2.24, 2.45) is 0 Å². The monoisotopic (exact) mass is 283 g/mol. The number of anilines is 3. The van der Waals surface area contributed by atoms with Gasteiger partial charge in [-0.05, 0) is 25.1 Å². The van der Waals surface area contributed by atoms with Gasteiger partial charge in [0.25, 0.3) is 0 Å². The van der Waals surface area contributed by atoms with Gasteiger partial charge in [0.1, 0.15) is 6.33 Å². The molecular formula is C15H17N5O. The molecule has 21 heavy (non-hydrogen) atoms. The van der Waals surface area contributed by atoms with E-state index in [1.165, 1.54) is 6.33 Å². The van der Waals surface area contributed by atoms with E-state index in [-0.39, 0.29) is 0 Å². The summed E-state index contributed by atoms with van der Waals surface area (Å²) in [5, 5.41) is 12.1. The maximum absolute atomic E-state index is 9.00. The van der Waals surface area contributed by atoms with Crippen molar-refractivity contribution < 1.29 is 4.74 Å². The Morgan fingerprint density at radius 3 is 2.86 bits per heavy atom. The molecule has 0 saturated carbocycles. The number of nitrogens with one attached hydrogen (secondary N) is 1. The average molecular weight is 283 g/mol. The van der Waals surface area contributed by atoms with Gasteiger partial charge in [-0.15, -0.1) is 0 Å². The van der Waals surface area contributed by atoms with Crippen LogP contribution in [0.3, 0.4) is 0 Å². The zero-order valence-electron chi connectivity index (χ0n) is 12.3. The van der Waals surface area contributed by atoms with Gasteiger partial charge in [0.05, 0.1) is 18.7 Å². The number of benzene rings is 1. The molecule has 1 N–H and O–H groups in total. The Labute approximate surface area is 124 Å². The van der Waals surface area contributed by atoms with E-state index in [4.69, 9.17) is 10.00 Å². The highest BCUT2D eigenvalue weighted by molar-refractivity contribution is 5.71. The summed E-state index contributed by atoms with van der Waals surface area (Å²) in [5.74, 6) is 1.86. The molecule has 0 radical (unpaired) electrons. The van der Waals surface area contributed by atoms with Crippen LogP contribution in [0.1, 0.15) is 12.5 Å². The van der Waals surface area contributed by atoms with E-state index < -0.39 is 0 Å². The predicted octanol–water partition coefficient (Wildman–Crippen LogP) is 2.56. The molecule has 2 rings (SSSR count). The zero-order valence-corrected chi connectivity index (χ0v) is 12.3. The summed E-state index contributed by atoms with van der Waals surface area (Å²) in [7, 11) is 3.46. The first-order valence-electron chi connectivity index (χ1n) is 6.58. The molecule has 1 aromatic carbocycles. The molecule has 0 amide bonds. The van der Waals surface area contributed by atoms with Crippen LogP contribution in [-0.4, -0.2) is 30.7 Å². The Balaban J connectivity index is 2.45. The highest BCUT2D eigenvalue weighted by Crippen LogP contribution is 2.34. The lowest BCUT2D eigenvalue weighted by Crippen LogP contribution is -2.14. The largest absolute Gasteiger partial charge is 0.490 e. The zero-order chi connectivity index (χ0) is 15.2. The van der Waals surface area contributed by atoms with Crippen molar-refractivity contribution in [1.29, 1.82) is 5.26 Å². The first kappa shape index (κ1) is 14.6. The number of methoxy groups -OCH3 is 1. The second-order valence-corrected chi connectivity index (χ2v) is 4.33. The van der Waals surface area contributed by atoms with E-state index in [2.05, 4.69) is 21.4 Å². The minimum atomic E-state index is 0.573. The molecule has 0 fully saturated rings. The third-order valence-corrected chi connectivity index (χ3v) is 3.01. The van der Waals surface area contributed by atoms with Gasteiger partial charge in [0.2, 0.25) is 5.75 Å². The molecular weight excluding hydrogens is 266 g/mol. The van der Waals surface area contributed by atoms with Crippen molar-refractivity contribution in [2.75, 3.05) is 30.9 Å². The van der Waals surface area contributed by atoms with Gasteiger partial charge in [-0.25, -0.2) is 9.97 Å². The number of nitrogens with zero attached hydrogens (tertiary/aromatic N) is 4. The van der Waals surface area contributed by atoms with E-state index in [1.54, 1.807) is 19.2 Å². The van der Waals surface area contributed by atoms with E-state index in [0.29, 0.717) is 22.9 Å². The molecule has 0 aliphatic rings. The quantitative estimate of drug-likeness (QED) is 0.909. The maximum Gasteiger partial charge on any atom is 0.204 e. The maximum atomic E-state index is 9.00. The molecule has 0 bridgehead atoms. The van der Waals surface area contributed by atoms with Crippen LogP contribution in [0.25, 0.3) is 0 Å². The molecule has 6 nitrogen and oxygen atoms in total. The summed E-state index contributed by atoms with van der Waals surface area (Å²) < 4.78 is 5.43. The molecule has 0 atom stereocenters. The van der Waals surface area contributed by atoms with Crippen molar-refractivity contribution in [1.82, 2.24) is 9.97 Å². The molecule has 0 spiro atoms. The summed E-state index contributed by atoms with van der Waals surface area (Å²) in [5.41, 5.74) is 1.45. The van der Waals surface area contributed by atoms with E-state index in [0.717, 1.165) is 12.2 Å². The van der Waals surface area contributed by atoms with Crippen molar-refractivity contribution in [3.8, 4) is 11.8 Å². The Hall–Kier alpha value is -2.81. The second-order valence-electron chi connectivity index (χ2n) is 4.33. The van der Waals surface area contributed by atoms with Crippen LogP contribution in [0.15, 0.2) is 30.6 Å². The molecule has 0 aliphatic carbocycles. The van der Waals surface area contributed by atoms with Crippen molar-refractivity contribution >= 4 is 17.3 Å². The molecule has 0 unspecified atom stereocenters. The number of hydrogen-bond donors (Lipinski definition) is 1. The van der Waals surface area contributed by atoms with E-state index in [1.807, 2.05) is 31.0 Å². The van der Waals surface area contributed by atoms with Crippen LogP contribution in [-0.2, 0) is 0 Å². The van der Waals surface area contributed by atoms with E-state index in [9.17, 15) is 0 Å². The van der Waals surface area contributed by atoms with Crippen LogP contribution in [0.5, 0.6) is 5.75 Å². The second kappa shape index (κ2) is 6.57. The molecule has 108 valence electrons. The van der Waals surface area contributed by atoms with Crippen LogP contribution in [0.4, 0.5) is 17.3 Å². The van der Waals surface area contributed by atoms with Gasteiger partial charge < -0.3 is 15.0 Å². The fraction of sp³-hybridized carbons (Fsp3) is 0.267. The van der Waals surface area contributed by atoms with Gasteiger partial charge in [-0.2, -0.15) is 5.26 Å². The standard InChI is InChI=1S/C15H17N5O/c1-4-17-14-13(21-3)15(19-10-18-14)20(2)12-7-5-6-11(8-12)9-16/h5-8,10H,4H2,1-3H3,(H,17,18,19). The molecule has 1 heterocycles. The number of nitriles is 1. The van der Waals surface area contributed by atoms with Crippen LogP contribution < -0.4 is 15.0 Å². The molecule has 0 saturated heterocycles. The SMILES string of the molecule is CCNc1ncnc(N(C)c2cccc(C#N)c2)c1OC. The molecule has 2 aromatic rings. The molecule has 6 heteroatoms. The van der Waals surface area contributed by atoms with Gasteiger partial charge in [-0.3, -0.25) is 0 Å². The average Bonchev–Trinajstić information content (AvgIpc) is 2.54. The lowest BCUT2D eigenvalue weighted by atomic mass is 10.2.